The molecule has 0 unspecified atom stereocenters. The van der Waals surface area contributed by atoms with Crippen molar-refractivity contribution >= 4 is 11.8 Å². The molecule has 0 amide bonds. The molecule has 70 valence electrons. The van der Waals surface area contributed by atoms with E-state index in [-0.39, 0.29) is 23.5 Å². The summed E-state index contributed by atoms with van der Waals surface area (Å²) in [5, 5.41) is 8.93. The zero-order valence-electron chi connectivity index (χ0n) is 7.27. The average Bonchev–Trinajstić information content (AvgIpc) is 2.64. The fraction of sp³-hybridized carbons (Fsp3) is 0.800. The SMILES string of the molecule is O=C1[C@@H]2[C@@H]3CC[C@@H]1[C@@H]3C[C@H]2C(=O)O. The van der Waals surface area contributed by atoms with Crippen molar-refractivity contribution in [1.82, 2.24) is 0 Å². The van der Waals surface area contributed by atoms with E-state index in [1.807, 2.05) is 0 Å². The zero-order chi connectivity index (χ0) is 9.16. The van der Waals surface area contributed by atoms with Crippen LogP contribution in [0.25, 0.3) is 0 Å². The molecule has 3 aliphatic rings. The van der Waals surface area contributed by atoms with Crippen LogP contribution in [0.2, 0.25) is 0 Å². The highest BCUT2D eigenvalue weighted by atomic mass is 16.4. The van der Waals surface area contributed by atoms with Crippen molar-refractivity contribution in [2.75, 3.05) is 0 Å². The van der Waals surface area contributed by atoms with E-state index >= 15 is 0 Å². The Morgan fingerprint density at radius 3 is 2.62 bits per heavy atom. The number of carbonyl (C=O) groups excluding carboxylic acids is 1. The number of carboxylic acid groups (broad SMARTS) is 1. The third-order valence-corrected chi connectivity index (χ3v) is 4.31. The van der Waals surface area contributed by atoms with Gasteiger partial charge in [-0.25, -0.2) is 0 Å². The van der Waals surface area contributed by atoms with E-state index in [2.05, 4.69) is 0 Å². The molecule has 0 spiro atoms. The Kier molecular flexibility index (Phi) is 1.24. The lowest BCUT2D eigenvalue weighted by Crippen LogP contribution is -2.34. The van der Waals surface area contributed by atoms with Gasteiger partial charge in [-0.15, -0.1) is 0 Å². The zero-order valence-corrected chi connectivity index (χ0v) is 7.27. The second-order valence-corrected chi connectivity index (χ2v) is 4.62. The second kappa shape index (κ2) is 2.14. The molecule has 3 fully saturated rings. The number of ketones is 1. The molecule has 13 heavy (non-hydrogen) atoms. The van der Waals surface area contributed by atoms with Gasteiger partial charge < -0.3 is 5.11 Å². The molecular formula is C10H12O3. The molecule has 3 saturated carbocycles. The van der Waals surface area contributed by atoms with E-state index in [4.69, 9.17) is 5.11 Å². The number of rotatable bonds is 1. The van der Waals surface area contributed by atoms with Gasteiger partial charge in [-0.05, 0) is 31.1 Å². The molecule has 3 nitrogen and oxygen atoms in total. The number of hydrogen-bond acceptors (Lipinski definition) is 2. The van der Waals surface area contributed by atoms with Gasteiger partial charge in [0.15, 0.2) is 0 Å². The van der Waals surface area contributed by atoms with E-state index in [1.54, 1.807) is 0 Å². The first kappa shape index (κ1) is 7.54. The molecule has 5 atom stereocenters. The van der Waals surface area contributed by atoms with Crippen molar-refractivity contribution in [3.05, 3.63) is 0 Å². The van der Waals surface area contributed by atoms with Crippen molar-refractivity contribution in [2.24, 2.45) is 29.6 Å². The van der Waals surface area contributed by atoms with Crippen molar-refractivity contribution in [3.8, 4) is 0 Å². The fourth-order valence-corrected chi connectivity index (χ4v) is 3.89. The summed E-state index contributed by atoms with van der Waals surface area (Å²) in [6.07, 6.45) is 2.88. The molecule has 0 aromatic rings. The number of carbonyl (C=O) groups is 2. The molecule has 0 aromatic heterocycles. The van der Waals surface area contributed by atoms with Gasteiger partial charge in [0.1, 0.15) is 5.78 Å². The highest BCUT2D eigenvalue weighted by molar-refractivity contribution is 5.93. The van der Waals surface area contributed by atoms with Crippen molar-refractivity contribution in [2.45, 2.75) is 19.3 Å². The lowest BCUT2D eigenvalue weighted by molar-refractivity contribution is -0.148. The van der Waals surface area contributed by atoms with Crippen LogP contribution in [0.4, 0.5) is 0 Å². The van der Waals surface area contributed by atoms with Gasteiger partial charge in [0.25, 0.3) is 0 Å². The molecular weight excluding hydrogens is 168 g/mol. The van der Waals surface area contributed by atoms with Crippen LogP contribution in [-0.4, -0.2) is 16.9 Å². The Bertz CT molecular complexity index is 297. The standard InChI is InChI=1S/C10H12O3/c11-9-5-2-1-4-6(5)3-7(8(4)9)10(12)13/h4-8H,1-3H2,(H,12,13)/t4-,5-,6-,7-,8-/m1/s1. The molecule has 0 aliphatic heterocycles. The van der Waals surface area contributed by atoms with E-state index in [0.29, 0.717) is 11.8 Å². The maximum absolute atomic E-state index is 11.7. The van der Waals surface area contributed by atoms with Crippen LogP contribution in [0.5, 0.6) is 0 Å². The van der Waals surface area contributed by atoms with Gasteiger partial charge >= 0.3 is 5.97 Å². The van der Waals surface area contributed by atoms with E-state index in [1.165, 1.54) is 0 Å². The van der Waals surface area contributed by atoms with E-state index in [9.17, 15) is 9.59 Å². The summed E-state index contributed by atoms with van der Waals surface area (Å²) in [7, 11) is 0. The molecule has 3 heteroatoms. The number of Topliss-reactive ketones (excluding diaryl/α,β-unsaturated/α-hetero) is 1. The van der Waals surface area contributed by atoms with Gasteiger partial charge in [-0.3, -0.25) is 9.59 Å². The number of aliphatic carboxylic acids is 1. The molecule has 1 N–H and O–H groups in total. The normalized spacial score (nSPS) is 51.7. The largest absolute Gasteiger partial charge is 0.481 e. The highest BCUT2D eigenvalue weighted by Crippen LogP contribution is 2.61. The molecule has 0 saturated heterocycles. The third kappa shape index (κ3) is 0.713. The fourth-order valence-electron chi connectivity index (χ4n) is 3.89. The summed E-state index contributed by atoms with van der Waals surface area (Å²) in [6, 6.07) is 0. The molecule has 3 rings (SSSR count). The Balaban J connectivity index is 1.97. The minimum Gasteiger partial charge on any atom is -0.481 e. The summed E-state index contributed by atoms with van der Waals surface area (Å²) < 4.78 is 0. The number of hydrogen-bond donors (Lipinski definition) is 1. The Labute approximate surface area is 76.1 Å². The minimum atomic E-state index is -0.758. The minimum absolute atomic E-state index is 0.110. The Morgan fingerprint density at radius 2 is 2.08 bits per heavy atom. The smallest absolute Gasteiger partial charge is 0.307 e. The summed E-state index contributed by atoms with van der Waals surface area (Å²) in [6.45, 7) is 0. The molecule has 0 radical (unpaired) electrons. The monoisotopic (exact) mass is 180 g/mol. The van der Waals surface area contributed by atoms with Gasteiger partial charge in [0.2, 0.25) is 0 Å². The first-order valence-electron chi connectivity index (χ1n) is 4.96. The molecule has 4 bridgehead atoms. The van der Waals surface area contributed by atoms with Crippen LogP contribution >= 0.6 is 0 Å². The topological polar surface area (TPSA) is 54.4 Å². The van der Waals surface area contributed by atoms with E-state index < -0.39 is 5.97 Å². The van der Waals surface area contributed by atoms with Gasteiger partial charge in [-0.2, -0.15) is 0 Å². The summed E-state index contributed by atoms with van der Waals surface area (Å²) >= 11 is 0. The lowest BCUT2D eigenvalue weighted by Gasteiger charge is -2.24. The quantitative estimate of drug-likeness (QED) is 0.653. The van der Waals surface area contributed by atoms with Crippen LogP contribution in [0.1, 0.15) is 19.3 Å². The molecule has 3 aliphatic carbocycles. The molecule has 0 aromatic carbocycles. The average molecular weight is 180 g/mol. The summed E-state index contributed by atoms with van der Waals surface area (Å²) in [5.74, 6) is 0.147. The summed E-state index contributed by atoms with van der Waals surface area (Å²) in [5.41, 5.74) is 0. The maximum Gasteiger partial charge on any atom is 0.307 e. The molecule has 0 heterocycles. The van der Waals surface area contributed by atoms with Crippen LogP contribution in [0.3, 0.4) is 0 Å². The predicted molar refractivity (Wildman–Crippen MR) is 43.9 cm³/mol. The first-order chi connectivity index (χ1) is 6.20. The van der Waals surface area contributed by atoms with Gasteiger partial charge in [0, 0.05) is 11.8 Å². The van der Waals surface area contributed by atoms with Crippen LogP contribution in [0, 0.1) is 29.6 Å². The van der Waals surface area contributed by atoms with E-state index in [0.717, 1.165) is 19.3 Å². The van der Waals surface area contributed by atoms with Crippen molar-refractivity contribution < 1.29 is 14.7 Å². The lowest BCUT2D eigenvalue weighted by atomic mass is 9.77. The maximum atomic E-state index is 11.7. The van der Waals surface area contributed by atoms with Crippen molar-refractivity contribution in [1.29, 1.82) is 0 Å². The number of carboxylic acids is 1. The highest BCUT2D eigenvalue weighted by Gasteiger charge is 2.63. The first-order valence-corrected chi connectivity index (χ1v) is 4.96. The van der Waals surface area contributed by atoms with Crippen LogP contribution in [0.15, 0.2) is 0 Å². The van der Waals surface area contributed by atoms with Crippen LogP contribution in [-0.2, 0) is 9.59 Å². The summed E-state index contributed by atoms with van der Waals surface area (Å²) in [4.78, 5) is 22.5. The Hall–Kier alpha value is -0.860. The van der Waals surface area contributed by atoms with Crippen molar-refractivity contribution in [3.63, 3.8) is 0 Å². The van der Waals surface area contributed by atoms with Crippen LogP contribution < -0.4 is 0 Å². The van der Waals surface area contributed by atoms with Gasteiger partial charge in [-0.1, -0.05) is 0 Å². The van der Waals surface area contributed by atoms with Gasteiger partial charge in [0.05, 0.1) is 5.92 Å². The predicted octanol–water partition coefficient (Wildman–Crippen LogP) is 0.932. The second-order valence-electron chi connectivity index (χ2n) is 4.62. The third-order valence-electron chi connectivity index (χ3n) is 4.31. The Morgan fingerprint density at radius 1 is 1.31 bits per heavy atom.